The fourth-order valence-electron chi connectivity index (χ4n) is 5.07. The second-order valence-electron chi connectivity index (χ2n) is 10.4. The summed E-state index contributed by atoms with van der Waals surface area (Å²) >= 11 is 0. The van der Waals surface area contributed by atoms with E-state index in [0.29, 0.717) is 38.2 Å². The lowest BCUT2D eigenvalue weighted by Crippen LogP contribution is -2.50. The molecule has 42 heavy (non-hydrogen) atoms. The van der Waals surface area contributed by atoms with Gasteiger partial charge in [-0.25, -0.2) is 8.42 Å². The molecular formula is C33H39N3O5S. The van der Waals surface area contributed by atoms with Crippen LogP contribution in [-0.4, -0.2) is 62.2 Å². The standard InChI is InChI=1S/C33H39N3O5S/c1-3-21-34-33(38)31(24-27-9-5-4-6-10-27)36(25-28-11-16-29(41-2)17-12-28)32(37)20-15-26-13-18-30(19-14-26)42(39,40)35-22-7-8-23-35/h3-6,9-14,16-19,31H,1,7-8,15,20-25H2,2H3,(H,34,38). The molecular weight excluding hydrogens is 550 g/mol. The molecule has 3 aromatic carbocycles. The third-order valence-corrected chi connectivity index (χ3v) is 9.37. The molecule has 0 aromatic heterocycles. The van der Waals surface area contributed by atoms with Gasteiger partial charge >= 0.3 is 0 Å². The minimum absolute atomic E-state index is 0.161. The van der Waals surface area contributed by atoms with E-state index in [4.69, 9.17) is 4.74 Å². The number of hydrogen-bond acceptors (Lipinski definition) is 5. The van der Waals surface area contributed by atoms with E-state index in [2.05, 4.69) is 11.9 Å². The number of aryl methyl sites for hydroxylation is 1. The van der Waals surface area contributed by atoms with Crippen LogP contribution in [0.25, 0.3) is 0 Å². The molecule has 0 aliphatic carbocycles. The van der Waals surface area contributed by atoms with Crippen molar-refractivity contribution in [1.29, 1.82) is 0 Å². The Morgan fingerprint density at radius 1 is 0.952 bits per heavy atom. The number of nitrogens with zero attached hydrogens (tertiary/aromatic N) is 2. The monoisotopic (exact) mass is 589 g/mol. The Bertz CT molecular complexity index is 1440. The van der Waals surface area contributed by atoms with Gasteiger partial charge in [0.1, 0.15) is 11.8 Å². The third-order valence-electron chi connectivity index (χ3n) is 7.46. The molecule has 0 radical (unpaired) electrons. The van der Waals surface area contributed by atoms with Gasteiger partial charge in [-0.15, -0.1) is 6.58 Å². The predicted octanol–water partition coefficient (Wildman–Crippen LogP) is 4.35. The van der Waals surface area contributed by atoms with Gasteiger partial charge in [-0.05, 0) is 60.2 Å². The summed E-state index contributed by atoms with van der Waals surface area (Å²) in [5, 5.41) is 2.88. The van der Waals surface area contributed by atoms with Crippen molar-refractivity contribution in [3.63, 3.8) is 0 Å². The summed E-state index contributed by atoms with van der Waals surface area (Å²) < 4.78 is 32.6. The summed E-state index contributed by atoms with van der Waals surface area (Å²) in [5.74, 6) is 0.280. The van der Waals surface area contributed by atoms with Crippen LogP contribution in [0.4, 0.5) is 0 Å². The Labute approximate surface area is 249 Å². The van der Waals surface area contributed by atoms with E-state index in [9.17, 15) is 18.0 Å². The second kappa shape index (κ2) is 14.8. The lowest BCUT2D eigenvalue weighted by molar-refractivity contribution is -0.141. The van der Waals surface area contributed by atoms with Crippen LogP contribution in [0.2, 0.25) is 0 Å². The first-order valence-electron chi connectivity index (χ1n) is 14.3. The molecule has 1 atom stereocenters. The SMILES string of the molecule is C=CCNC(=O)C(Cc1ccccc1)N(Cc1ccc(OC)cc1)C(=O)CCc1ccc(S(=O)(=O)N2CCCC2)cc1. The maximum atomic E-state index is 13.9. The van der Waals surface area contributed by atoms with E-state index in [1.54, 1.807) is 42.4 Å². The zero-order valence-electron chi connectivity index (χ0n) is 24.1. The molecule has 1 unspecified atom stereocenters. The van der Waals surface area contributed by atoms with Crippen LogP contribution in [0.3, 0.4) is 0 Å². The molecule has 0 saturated carbocycles. The fourth-order valence-corrected chi connectivity index (χ4v) is 6.59. The first kappa shape index (κ1) is 31.0. The maximum Gasteiger partial charge on any atom is 0.243 e. The van der Waals surface area contributed by atoms with Crippen LogP contribution in [-0.2, 0) is 39.0 Å². The molecule has 9 heteroatoms. The molecule has 1 fully saturated rings. The Morgan fingerprint density at radius 2 is 1.60 bits per heavy atom. The first-order valence-corrected chi connectivity index (χ1v) is 15.7. The number of sulfonamides is 1. The number of methoxy groups -OCH3 is 1. The predicted molar refractivity (Wildman–Crippen MR) is 163 cm³/mol. The second-order valence-corrected chi connectivity index (χ2v) is 12.3. The Kier molecular flexibility index (Phi) is 10.9. The van der Waals surface area contributed by atoms with E-state index < -0.39 is 16.1 Å². The third kappa shape index (κ3) is 8.08. The molecule has 0 bridgehead atoms. The average Bonchev–Trinajstić information content (AvgIpc) is 3.58. The highest BCUT2D eigenvalue weighted by Gasteiger charge is 2.30. The maximum absolute atomic E-state index is 13.9. The summed E-state index contributed by atoms with van der Waals surface area (Å²) in [5.41, 5.74) is 2.66. The molecule has 3 aromatic rings. The van der Waals surface area contributed by atoms with Crippen LogP contribution >= 0.6 is 0 Å². The largest absolute Gasteiger partial charge is 0.497 e. The lowest BCUT2D eigenvalue weighted by Gasteiger charge is -2.31. The molecule has 4 rings (SSSR count). The minimum atomic E-state index is -3.50. The molecule has 2 amide bonds. The number of ether oxygens (including phenoxy) is 1. The van der Waals surface area contributed by atoms with Crippen molar-refractivity contribution in [3.8, 4) is 5.75 Å². The van der Waals surface area contributed by atoms with Gasteiger partial charge in [0.25, 0.3) is 0 Å². The highest BCUT2D eigenvalue weighted by Crippen LogP contribution is 2.22. The van der Waals surface area contributed by atoms with Gasteiger partial charge in [0.2, 0.25) is 21.8 Å². The molecule has 1 saturated heterocycles. The summed E-state index contributed by atoms with van der Waals surface area (Å²) in [7, 11) is -1.90. The Hall–Kier alpha value is -3.95. The van der Waals surface area contributed by atoms with Crippen molar-refractivity contribution in [2.45, 2.75) is 49.6 Å². The number of nitrogens with one attached hydrogen (secondary N) is 1. The van der Waals surface area contributed by atoms with Crippen molar-refractivity contribution < 1.29 is 22.7 Å². The van der Waals surface area contributed by atoms with Gasteiger partial charge < -0.3 is 15.0 Å². The van der Waals surface area contributed by atoms with Crippen molar-refractivity contribution in [2.24, 2.45) is 0 Å². The summed E-state index contributed by atoms with van der Waals surface area (Å²) in [6.07, 6.45) is 4.30. The fraction of sp³-hybridized carbons (Fsp3) is 0.333. The number of carbonyl (C=O) groups is 2. The average molecular weight is 590 g/mol. The smallest absolute Gasteiger partial charge is 0.243 e. The summed E-state index contributed by atoms with van der Waals surface area (Å²) in [4.78, 5) is 29.2. The highest BCUT2D eigenvalue weighted by molar-refractivity contribution is 7.89. The van der Waals surface area contributed by atoms with Crippen molar-refractivity contribution in [2.75, 3.05) is 26.7 Å². The van der Waals surface area contributed by atoms with Gasteiger partial charge in [-0.2, -0.15) is 4.31 Å². The van der Waals surface area contributed by atoms with Crippen molar-refractivity contribution in [1.82, 2.24) is 14.5 Å². The number of hydrogen-bond donors (Lipinski definition) is 1. The van der Waals surface area contributed by atoms with Crippen molar-refractivity contribution >= 4 is 21.8 Å². The molecule has 1 aliphatic heterocycles. The summed E-state index contributed by atoms with van der Waals surface area (Å²) in [6.45, 7) is 5.33. The van der Waals surface area contributed by atoms with Crippen LogP contribution < -0.4 is 10.1 Å². The van der Waals surface area contributed by atoms with Crippen LogP contribution in [0.5, 0.6) is 5.75 Å². The molecule has 1 N–H and O–H groups in total. The number of benzene rings is 3. The van der Waals surface area contributed by atoms with Gasteiger partial charge in [0.15, 0.2) is 0 Å². The highest BCUT2D eigenvalue weighted by atomic mass is 32.2. The minimum Gasteiger partial charge on any atom is -0.497 e. The zero-order valence-corrected chi connectivity index (χ0v) is 24.9. The summed E-state index contributed by atoms with van der Waals surface area (Å²) in [6, 6.07) is 23.1. The molecule has 1 aliphatic rings. The number of carbonyl (C=O) groups excluding carboxylic acids is 2. The normalized spacial score (nSPS) is 14.2. The van der Waals surface area contributed by atoms with Gasteiger partial charge in [0.05, 0.1) is 12.0 Å². The molecule has 222 valence electrons. The lowest BCUT2D eigenvalue weighted by atomic mass is 10.0. The van der Waals surface area contributed by atoms with Crippen molar-refractivity contribution in [3.05, 3.63) is 108 Å². The van der Waals surface area contributed by atoms with Crippen LogP contribution in [0, 0.1) is 0 Å². The van der Waals surface area contributed by atoms with E-state index in [0.717, 1.165) is 29.5 Å². The first-order chi connectivity index (χ1) is 20.3. The molecule has 8 nitrogen and oxygen atoms in total. The zero-order chi connectivity index (χ0) is 30.0. The van der Waals surface area contributed by atoms with Gasteiger partial charge in [-0.1, -0.05) is 60.7 Å². The van der Waals surface area contributed by atoms with E-state index in [1.165, 1.54) is 4.31 Å². The van der Waals surface area contributed by atoms with Crippen LogP contribution in [0.15, 0.2) is 96.4 Å². The van der Waals surface area contributed by atoms with E-state index in [-0.39, 0.29) is 29.7 Å². The van der Waals surface area contributed by atoms with Crippen LogP contribution in [0.1, 0.15) is 36.0 Å². The van der Waals surface area contributed by atoms with Gasteiger partial charge in [0, 0.05) is 39.0 Å². The molecule has 0 spiro atoms. The van der Waals surface area contributed by atoms with Gasteiger partial charge in [-0.3, -0.25) is 9.59 Å². The van der Waals surface area contributed by atoms with E-state index in [1.807, 2.05) is 54.6 Å². The molecule has 1 heterocycles. The Morgan fingerprint density at radius 3 is 2.21 bits per heavy atom. The quantitative estimate of drug-likeness (QED) is 0.282. The Balaban J connectivity index is 1.55. The van der Waals surface area contributed by atoms with E-state index >= 15 is 0 Å². The number of rotatable bonds is 14. The topological polar surface area (TPSA) is 96.0 Å². The number of amides is 2.